The van der Waals surface area contributed by atoms with Gasteiger partial charge in [-0.05, 0) is 30.3 Å². The van der Waals surface area contributed by atoms with Crippen molar-refractivity contribution in [3.8, 4) is 16.9 Å². The molecule has 192 valence electrons. The van der Waals surface area contributed by atoms with Crippen LogP contribution in [0.1, 0.15) is 16.7 Å². The van der Waals surface area contributed by atoms with E-state index in [-0.39, 0.29) is 17.3 Å². The van der Waals surface area contributed by atoms with E-state index < -0.39 is 16.7 Å². The van der Waals surface area contributed by atoms with E-state index in [0.717, 1.165) is 15.7 Å². The third-order valence-corrected chi connectivity index (χ3v) is 8.09. The second-order valence-corrected chi connectivity index (χ2v) is 10.5. The predicted molar refractivity (Wildman–Crippen MR) is 152 cm³/mol. The van der Waals surface area contributed by atoms with Crippen molar-refractivity contribution in [2.45, 2.75) is 5.41 Å². The molecule has 2 aliphatic heterocycles. The highest BCUT2D eigenvalue weighted by atomic mass is 79.9. The van der Waals surface area contributed by atoms with E-state index >= 15 is 0 Å². The maximum absolute atomic E-state index is 14.7. The maximum atomic E-state index is 14.7. The molecule has 0 bridgehead atoms. The van der Waals surface area contributed by atoms with Gasteiger partial charge in [-0.1, -0.05) is 64.5 Å². The number of aromatic amines is 1. The lowest BCUT2D eigenvalue weighted by Crippen LogP contribution is -2.49. The molecule has 5 aromatic rings. The number of benzene rings is 3. The highest BCUT2D eigenvalue weighted by molar-refractivity contribution is 9.10. The lowest BCUT2D eigenvalue weighted by molar-refractivity contribution is -0.120. The van der Waals surface area contributed by atoms with Gasteiger partial charge in [0.2, 0.25) is 5.91 Å². The van der Waals surface area contributed by atoms with E-state index in [9.17, 15) is 14.4 Å². The highest BCUT2D eigenvalue weighted by Crippen LogP contribution is 2.58. The van der Waals surface area contributed by atoms with Crippen LogP contribution in [0.5, 0.6) is 0 Å². The zero-order valence-electron chi connectivity index (χ0n) is 20.9. The minimum atomic E-state index is -1.58. The van der Waals surface area contributed by atoms with Gasteiger partial charge in [0.05, 0.1) is 16.9 Å². The molecule has 2 aromatic heterocycles. The fraction of sp³-hybridized carbons (Fsp3) is 0.103. The molecule has 2 aliphatic rings. The van der Waals surface area contributed by atoms with Gasteiger partial charge >= 0.3 is 5.69 Å². The Balaban J connectivity index is 1.73. The molecule has 39 heavy (non-hydrogen) atoms. The molecule has 0 aliphatic carbocycles. The molecule has 1 unspecified atom stereocenters. The lowest BCUT2D eigenvalue weighted by Gasteiger charge is -2.35. The Morgan fingerprint density at radius 1 is 0.846 bits per heavy atom. The third kappa shape index (κ3) is 3.00. The fourth-order valence-electron chi connectivity index (χ4n) is 5.85. The van der Waals surface area contributed by atoms with Crippen LogP contribution < -0.4 is 21.5 Å². The summed E-state index contributed by atoms with van der Waals surface area (Å²) in [5.41, 5.74) is 1.27. The zero-order chi connectivity index (χ0) is 27.1. The number of nitrogens with zero attached hydrogens (tertiary/aromatic N) is 4. The van der Waals surface area contributed by atoms with Crippen molar-refractivity contribution in [3.05, 3.63) is 121 Å². The van der Waals surface area contributed by atoms with E-state index in [1.807, 2.05) is 78.9 Å². The van der Waals surface area contributed by atoms with E-state index in [1.165, 1.54) is 4.57 Å². The van der Waals surface area contributed by atoms with Gasteiger partial charge in [0.15, 0.2) is 0 Å². The summed E-state index contributed by atoms with van der Waals surface area (Å²) in [5, 5.41) is 8.38. The van der Waals surface area contributed by atoms with Crippen LogP contribution in [0.3, 0.4) is 0 Å². The number of nitrogens with one attached hydrogen (secondary N) is 2. The number of fused-ring (bicyclic) bond motifs is 6. The fourth-order valence-corrected chi connectivity index (χ4v) is 6.22. The molecule has 1 atom stereocenters. The molecule has 2 N–H and O–H groups in total. The largest absolute Gasteiger partial charge is 0.329 e. The monoisotopic (exact) mass is 580 g/mol. The highest BCUT2D eigenvalue weighted by Gasteiger charge is 2.60. The minimum Gasteiger partial charge on any atom is -0.325 e. The number of carbonyl (C=O) groups excluding carboxylic acids is 1. The van der Waals surface area contributed by atoms with Crippen molar-refractivity contribution in [2.75, 3.05) is 17.3 Å². The number of para-hydroxylation sites is 1. The number of carbonyl (C=O) groups is 1. The van der Waals surface area contributed by atoms with Crippen LogP contribution in [0, 0.1) is 0 Å². The first-order chi connectivity index (χ1) is 18.8. The Hall–Kier alpha value is -4.70. The zero-order valence-corrected chi connectivity index (χ0v) is 22.5. The summed E-state index contributed by atoms with van der Waals surface area (Å²) >= 11 is 3.58. The van der Waals surface area contributed by atoms with Crippen molar-refractivity contribution in [2.24, 2.45) is 7.05 Å². The lowest BCUT2D eigenvalue weighted by atomic mass is 9.68. The second-order valence-electron chi connectivity index (χ2n) is 9.63. The minimum absolute atomic E-state index is 0.149. The van der Waals surface area contributed by atoms with E-state index in [0.29, 0.717) is 28.3 Å². The topological polar surface area (TPSA) is 105 Å². The Morgan fingerprint density at radius 3 is 2.26 bits per heavy atom. The van der Waals surface area contributed by atoms with Crippen molar-refractivity contribution in [3.63, 3.8) is 0 Å². The average Bonchev–Trinajstić information content (AvgIpc) is 3.43. The van der Waals surface area contributed by atoms with Gasteiger partial charge in [0.1, 0.15) is 17.1 Å². The average molecular weight is 581 g/mol. The smallest absolute Gasteiger partial charge is 0.325 e. The first kappa shape index (κ1) is 23.4. The molecule has 7 rings (SSSR count). The molecule has 0 fully saturated rings. The Morgan fingerprint density at radius 2 is 1.54 bits per heavy atom. The number of amides is 1. The van der Waals surface area contributed by atoms with Gasteiger partial charge in [-0.15, -0.1) is 0 Å². The number of hydrogen-bond acceptors (Lipinski definition) is 5. The maximum Gasteiger partial charge on any atom is 0.329 e. The molecule has 3 aromatic carbocycles. The van der Waals surface area contributed by atoms with Crippen LogP contribution in [-0.4, -0.2) is 32.3 Å². The van der Waals surface area contributed by atoms with Crippen molar-refractivity contribution in [1.29, 1.82) is 0 Å². The number of H-pyrrole nitrogens is 1. The summed E-state index contributed by atoms with van der Waals surface area (Å²) in [7, 11) is 3.26. The molecular formula is C29H21BrN6O3. The molecule has 1 amide bonds. The number of anilines is 3. The number of rotatable bonds is 2. The predicted octanol–water partition coefficient (Wildman–Crippen LogP) is 4.06. The summed E-state index contributed by atoms with van der Waals surface area (Å²) in [6, 6.07) is 24.7. The van der Waals surface area contributed by atoms with E-state index in [4.69, 9.17) is 5.10 Å². The van der Waals surface area contributed by atoms with Gasteiger partial charge in [0, 0.05) is 40.9 Å². The Kier molecular flexibility index (Phi) is 4.89. The quantitative estimate of drug-likeness (QED) is 0.327. The summed E-state index contributed by atoms with van der Waals surface area (Å²) in [4.78, 5) is 45.2. The molecule has 1 spiro atoms. The standard InChI is InChI=1S/C29H21BrN6O3/c1-34-20-14-13-17(30)15-19(20)29(27(34)38)21-23(16-9-5-3-6-10-16)33-36(18-11-7-4-8-12-18)25(21)31-24-22(29)26(37)32-28(39)35(24)2/h3-15,31H,1-2H3,(H,32,37,39). The van der Waals surface area contributed by atoms with Crippen LogP contribution in [0.15, 0.2) is 92.9 Å². The molecular weight excluding hydrogens is 560 g/mol. The molecule has 9 nitrogen and oxygen atoms in total. The van der Waals surface area contributed by atoms with Gasteiger partial charge in [-0.25, -0.2) is 9.48 Å². The van der Waals surface area contributed by atoms with Crippen molar-refractivity contribution in [1.82, 2.24) is 19.3 Å². The summed E-state index contributed by atoms with van der Waals surface area (Å²) in [5.74, 6) is 0.429. The van der Waals surface area contributed by atoms with Gasteiger partial charge < -0.3 is 10.2 Å². The Labute approximate surface area is 230 Å². The van der Waals surface area contributed by atoms with Crippen LogP contribution in [0.2, 0.25) is 0 Å². The molecule has 0 saturated heterocycles. The van der Waals surface area contributed by atoms with Crippen molar-refractivity contribution >= 4 is 39.2 Å². The first-order valence-electron chi connectivity index (χ1n) is 12.3. The number of likely N-dealkylation sites (N-methyl/N-ethyl adjacent to an activating group) is 1. The summed E-state index contributed by atoms with van der Waals surface area (Å²) < 4.78 is 3.82. The normalized spacial score (nSPS) is 17.1. The van der Waals surface area contributed by atoms with Crippen LogP contribution >= 0.6 is 15.9 Å². The second kappa shape index (κ2) is 8.15. The van der Waals surface area contributed by atoms with Gasteiger partial charge in [-0.2, -0.15) is 5.10 Å². The van der Waals surface area contributed by atoms with Gasteiger partial charge in [-0.3, -0.25) is 19.1 Å². The molecule has 0 saturated carbocycles. The molecule has 10 heteroatoms. The number of hydrogen-bond donors (Lipinski definition) is 2. The molecule has 0 radical (unpaired) electrons. The number of aromatic nitrogens is 4. The third-order valence-electron chi connectivity index (χ3n) is 7.59. The molecule has 4 heterocycles. The van der Waals surface area contributed by atoms with Crippen LogP contribution in [-0.2, 0) is 17.3 Å². The first-order valence-corrected chi connectivity index (χ1v) is 13.1. The SMILES string of the molecule is CN1C(=O)C2(c3cc(Br)ccc31)c1c(-c3ccccc3)nn(-c3ccccc3)c1Nc1c2c(=O)[nH]c(=O)n1C. The van der Waals surface area contributed by atoms with Crippen LogP contribution in [0.25, 0.3) is 16.9 Å². The summed E-state index contributed by atoms with van der Waals surface area (Å²) in [6.07, 6.45) is 0. The van der Waals surface area contributed by atoms with E-state index in [1.54, 1.807) is 23.7 Å². The van der Waals surface area contributed by atoms with Crippen molar-refractivity contribution < 1.29 is 4.79 Å². The summed E-state index contributed by atoms with van der Waals surface area (Å²) in [6.45, 7) is 0. The van der Waals surface area contributed by atoms with Gasteiger partial charge in [0.25, 0.3) is 5.56 Å². The van der Waals surface area contributed by atoms with Crippen LogP contribution in [0.4, 0.5) is 17.3 Å². The Bertz CT molecular complexity index is 1940. The number of halogens is 1. The van der Waals surface area contributed by atoms with E-state index in [2.05, 4.69) is 26.2 Å².